The molecule has 1 unspecified atom stereocenters. The second-order valence-electron chi connectivity index (χ2n) is 7.45. The second-order valence-corrected chi connectivity index (χ2v) is 9.22. The molecule has 0 spiro atoms. The Labute approximate surface area is 190 Å². The first-order chi connectivity index (χ1) is 16.0. The van der Waals surface area contributed by atoms with E-state index in [1.165, 1.54) is 12.1 Å². The van der Waals surface area contributed by atoms with E-state index in [1.807, 2.05) is 24.4 Å². The van der Waals surface area contributed by atoms with Crippen molar-refractivity contribution in [2.45, 2.75) is 17.5 Å². The van der Waals surface area contributed by atoms with E-state index in [0.717, 1.165) is 11.1 Å². The number of hydroxylamine groups is 1. The summed E-state index contributed by atoms with van der Waals surface area (Å²) >= 11 is 0. The van der Waals surface area contributed by atoms with Crippen molar-refractivity contribution in [3.05, 3.63) is 60.4 Å². The Balaban J connectivity index is 1.38. The van der Waals surface area contributed by atoms with Crippen LogP contribution >= 0.6 is 0 Å². The molecule has 11 nitrogen and oxygen atoms in total. The van der Waals surface area contributed by atoms with Crippen LogP contribution in [0.3, 0.4) is 0 Å². The first-order valence-electron chi connectivity index (χ1n) is 10.4. The van der Waals surface area contributed by atoms with E-state index in [2.05, 4.69) is 9.82 Å². The van der Waals surface area contributed by atoms with Crippen molar-refractivity contribution in [1.29, 1.82) is 0 Å². The van der Waals surface area contributed by atoms with Crippen LogP contribution in [0.4, 0.5) is 0 Å². The zero-order valence-corrected chi connectivity index (χ0v) is 18.6. The lowest BCUT2D eigenvalue weighted by atomic mass is 10.2. The highest BCUT2D eigenvalue weighted by molar-refractivity contribution is 7.89. The fraction of sp³-hybridized carbons (Fsp3) is 0.333. The van der Waals surface area contributed by atoms with Gasteiger partial charge in [0.05, 0.1) is 29.8 Å². The van der Waals surface area contributed by atoms with Gasteiger partial charge >= 0.3 is 0 Å². The first kappa shape index (κ1) is 23.1. The molecule has 1 atom stereocenters. The number of fused-ring (bicyclic) bond motifs is 1. The maximum absolute atomic E-state index is 12.7. The normalized spacial score (nSPS) is 15.9. The quantitative estimate of drug-likeness (QED) is 0.299. The van der Waals surface area contributed by atoms with Gasteiger partial charge in [0, 0.05) is 31.4 Å². The van der Waals surface area contributed by atoms with Crippen LogP contribution in [0.25, 0.3) is 5.52 Å². The summed E-state index contributed by atoms with van der Waals surface area (Å²) in [6, 6.07) is 10.9. The average molecular weight is 476 g/mol. The van der Waals surface area contributed by atoms with Crippen molar-refractivity contribution >= 4 is 21.4 Å². The zero-order valence-electron chi connectivity index (χ0n) is 17.8. The van der Waals surface area contributed by atoms with Crippen molar-refractivity contribution in [3.8, 4) is 5.75 Å². The molecule has 0 radical (unpaired) electrons. The van der Waals surface area contributed by atoms with E-state index in [0.29, 0.717) is 32.1 Å². The average Bonchev–Trinajstić information content (AvgIpc) is 3.26. The maximum Gasteiger partial charge on any atom is 0.262 e. The molecule has 33 heavy (non-hydrogen) atoms. The van der Waals surface area contributed by atoms with Crippen molar-refractivity contribution in [3.63, 3.8) is 0 Å². The Hall–Kier alpha value is -3.03. The smallest absolute Gasteiger partial charge is 0.262 e. The third kappa shape index (κ3) is 5.49. The van der Waals surface area contributed by atoms with E-state index in [-0.39, 0.29) is 18.0 Å². The van der Waals surface area contributed by atoms with Crippen LogP contribution in [0, 0.1) is 0 Å². The maximum atomic E-state index is 12.7. The van der Waals surface area contributed by atoms with E-state index in [1.54, 1.807) is 33.2 Å². The molecule has 4 rings (SSSR count). The molecular formula is C21H25N5O6S. The first-order valence-corrected chi connectivity index (χ1v) is 11.9. The summed E-state index contributed by atoms with van der Waals surface area (Å²) in [6.07, 6.45) is 3.57. The number of nitrogens with one attached hydrogen (secondary N) is 2. The zero-order chi connectivity index (χ0) is 23.3. The Morgan fingerprint density at radius 3 is 2.67 bits per heavy atom. The molecule has 12 heteroatoms. The lowest BCUT2D eigenvalue weighted by Crippen LogP contribution is -2.55. The van der Waals surface area contributed by atoms with Gasteiger partial charge in [0.2, 0.25) is 10.0 Å². The minimum atomic E-state index is -3.88. The third-order valence-electron chi connectivity index (χ3n) is 5.40. The lowest BCUT2D eigenvalue weighted by Gasteiger charge is -2.32. The molecule has 1 aliphatic rings. The Kier molecular flexibility index (Phi) is 7.20. The van der Waals surface area contributed by atoms with Crippen molar-refractivity contribution < 1.29 is 27.9 Å². The molecule has 0 saturated carbocycles. The van der Waals surface area contributed by atoms with Gasteiger partial charge in [-0.3, -0.25) is 14.9 Å². The van der Waals surface area contributed by atoms with Gasteiger partial charge < -0.3 is 9.47 Å². The van der Waals surface area contributed by atoms with Crippen molar-refractivity contribution in [2.75, 3.05) is 32.8 Å². The van der Waals surface area contributed by atoms with E-state index in [4.69, 9.17) is 14.7 Å². The number of ether oxygens (including phenoxy) is 2. The molecule has 3 heterocycles. The molecule has 3 N–H and O–H groups in total. The minimum Gasteiger partial charge on any atom is -0.489 e. The highest BCUT2D eigenvalue weighted by Gasteiger charge is 2.29. The minimum absolute atomic E-state index is 0.0379. The van der Waals surface area contributed by atoms with E-state index >= 15 is 0 Å². The van der Waals surface area contributed by atoms with Crippen molar-refractivity contribution in [1.82, 2.24) is 24.7 Å². The summed E-state index contributed by atoms with van der Waals surface area (Å²) < 4.78 is 40.7. The van der Waals surface area contributed by atoms with Gasteiger partial charge in [-0.1, -0.05) is 6.07 Å². The predicted molar refractivity (Wildman–Crippen MR) is 117 cm³/mol. The number of carbonyl (C=O) groups is 1. The molecule has 0 bridgehead atoms. The molecular weight excluding hydrogens is 450 g/mol. The van der Waals surface area contributed by atoms with Gasteiger partial charge in [0.15, 0.2) is 0 Å². The second kappa shape index (κ2) is 10.3. The number of hydrogen-bond donors (Lipinski definition) is 3. The molecule has 1 aliphatic heterocycles. The van der Waals surface area contributed by atoms with E-state index < -0.39 is 22.0 Å². The molecule has 2 aromatic heterocycles. The van der Waals surface area contributed by atoms with Crippen LogP contribution < -0.4 is 14.9 Å². The molecule has 0 aliphatic carbocycles. The third-order valence-corrected chi connectivity index (χ3v) is 6.84. The number of rotatable bonds is 9. The lowest BCUT2D eigenvalue weighted by molar-refractivity contribution is -0.136. The Bertz CT molecular complexity index is 1190. The summed E-state index contributed by atoms with van der Waals surface area (Å²) in [5.41, 5.74) is 3.44. The molecule has 1 amide bonds. The molecule has 176 valence electrons. The Morgan fingerprint density at radius 2 is 1.94 bits per heavy atom. The van der Waals surface area contributed by atoms with Crippen LogP contribution in [-0.2, 0) is 26.2 Å². The SMILES string of the molecule is O=C(NO)C(CNS(=O)(=O)c1ccc(OCc2cnn3ccccc23)cc1)N1CCOCC1. The number of benzene rings is 1. The van der Waals surface area contributed by atoms with Crippen LogP contribution in [0.1, 0.15) is 5.56 Å². The molecule has 1 saturated heterocycles. The van der Waals surface area contributed by atoms with Gasteiger partial charge in [0.1, 0.15) is 18.4 Å². The number of nitrogens with zero attached hydrogens (tertiary/aromatic N) is 3. The highest BCUT2D eigenvalue weighted by Crippen LogP contribution is 2.19. The number of morpholine rings is 1. The summed E-state index contributed by atoms with van der Waals surface area (Å²) in [4.78, 5) is 13.9. The summed E-state index contributed by atoms with van der Waals surface area (Å²) in [5.74, 6) is -0.175. The molecule has 1 aromatic carbocycles. The molecule has 3 aromatic rings. The fourth-order valence-corrected chi connectivity index (χ4v) is 4.64. The van der Waals surface area contributed by atoms with Crippen LogP contribution in [0.5, 0.6) is 5.75 Å². The summed E-state index contributed by atoms with van der Waals surface area (Å²) in [6.45, 7) is 1.87. The monoisotopic (exact) mass is 475 g/mol. The number of amides is 1. The number of hydrogen-bond acceptors (Lipinski definition) is 8. The number of sulfonamides is 1. The van der Waals surface area contributed by atoms with E-state index in [9.17, 15) is 13.2 Å². The van der Waals surface area contributed by atoms with Gasteiger partial charge in [0.25, 0.3) is 5.91 Å². The van der Waals surface area contributed by atoms with Crippen LogP contribution in [0.15, 0.2) is 59.8 Å². The Morgan fingerprint density at radius 1 is 1.18 bits per heavy atom. The van der Waals surface area contributed by atoms with Gasteiger partial charge in [-0.25, -0.2) is 23.1 Å². The predicted octanol–water partition coefficient (Wildman–Crippen LogP) is 0.398. The molecule has 1 fully saturated rings. The van der Waals surface area contributed by atoms with Gasteiger partial charge in [-0.15, -0.1) is 0 Å². The topological polar surface area (TPSA) is 134 Å². The van der Waals surface area contributed by atoms with Gasteiger partial charge in [-0.2, -0.15) is 5.10 Å². The number of aromatic nitrogens is 2. The fourth-order valence-electron chi connectivity index (χ4n) is 3.60. The van der Waals surface area contributed by atoms with Crippen molar-refractivity contribution in [2.24, 2.45) is 0 Å². The standard InChI is InChI=1S/C21H25N5O6S/c27-21(24-28)20(25-9-11-31-12-10-25)14-23-33(29,30)18-6-4-17(5-7-18)32-15-16-13-22-26-8-2-1-3-19(16)26/h1-8,13,20,23,28H,9-12,14-15H2,(H,24,27). The summed E-state index contributed by atoms with van der Waals surface area (Å²) in [7, 11) is -3.88. The largest absolute Gasteiger partial charge is 0.489 e. The summed E-state index contributed by atoms with van der Waals surface area (Å²) in [5, 5.41) is 13.3. The van der Waals surface area contributed by atoms with Crippen LogP contribution in [-0.4, -0.2) is 72.9 Å². The number of pyridine rings is 1. The highest BCUT2D eigenvalue weighted by atomic mass is 32.2. The van der Waals surface area contributed by atoms with Crippen LogP contribution in [0.2, 0.25) is 0 Å². The number of carbonyl (C=O) groups excluding carboxylic acids is 1. The van der Waals surface area contributed by atoms with Gasteiger partial charge in [-0.05, 0) is 36.4 Å².